The lowest BCUT2D eigenvalue weighted by Crippen LogP contribution is -1.92. The molecule has 5 heteroatoms. The van der Waals surface area contributed by atoms with Crippen LogP contribution in [0.3, 0.4) is 0 Å². The normalized spacial score (nSPS) is 11.0. The summed E-state index contributed by atoms with van der Waals surface area (Å²) in [5.41, 5.74) is 11.0. The van der Waals surface area contributed by atoms with Gasteiger partial charge in [0.2, 0.25) is 0 Å². The van der Waals surface area contributed by atoms with Crippen LogP contribution in [-0.2, 0) is 0 Å². The largest absolute Gasteiger partial charge is 0.397 e. The number of nitrogens with zero attached hydrogens (tertiary/aromatic N) is 3. The highest BCUT2D eigenvalue weighted by Crippen LogP contribution is 2.25. The van der Waals surface area contributed by atoms with Crippen molar-refractivity contribution in [1.82, 2.24) is 14.4 Å². The topological polar surface area (TPSA) is 56.2 Å². The molecule has 0 fully saturated rings. The summed E-state index contributed by atoms with van der Waals surface area (Å²) < 4.78 is 15.0. The number of hydrogen-bond acceptors (Lipinski definition) is 3. The number of pyridine rings is 2. The summed E-state index contributed by atoms with van der Waals surface area (Å²) in [5.74, 6) is -0.243. The van der Waals surface area contributed by atoms with E-state index in [1.165, 1.54) is 12.1 Å². The summed E-state index contributed by atoms with van der Waals surface area (Å²) >= 11 is 0. The monoisotopic (exact) mass is 304 g/mol. The Balaban J connectivity index is 1.81. The minimum Gasteiger partial charge on any atom is -0.397 e. The zero-order chi connectivity index (χ0) is 15.8. The molecule has 0 amide bonds. The van der Waals surface area contributed by atoms with Gasteiger partial charge in [-0.25, -0.2) is 9.37 Å². The molecule has 0 aliphatic carbocycles. The number of nitrogen functional groups attached to an aromatic ring is 1. The van der Waals surface area contributed by atoms with E-state index in [4.69, 9.17) is 5.73 Å². The average molecular weight is 304 g/mol. The van der Waals surface area contributed by atoms with Crippen LogP contribution in [0.25, 0.3) is 28.0 Å². The number of halogens is 1. The van der Waals surface area contributed by atoms with Gasteiger partial charge >= 0.3 is 0 Å². The van der Waals surface area contributed by atoms with Gasteiger partial charge in [-0.05, 0) is 41.5 Å². The molecular formula is C18H13FN4. The molecule has 0 spiro atoms. The maximum Gasteiger partial charge on any atom is 0.137 e. The average Bonchev–Trinajstić information content (AvgIpc) is 2.98. The second-order valence-corrected chi connectivity index (χ2v) is 5.30. The van der Waals surface area contributed by atoms with Gasteiger partial charge in [-0.1, -0.05) is 12.1 Å². The molecule has 0 saturated carbocycles. The van der Waals surface area contributed by atoms with E-state index >= 15 is 0 Å². The van der Waals surface area contributed by atoms with E-state index < -0.39 is 0 Å². The van der Waals surface area contributed by atoms with Crippen molar-refractivity contribution in [2.24, 2.45) is 0 Å². The van der Waals surface area contributed by atoms with E-state index in [2.05, 4.69) is 9.97 Å². The fourth-order valence-corrected chi connectivity index (χ4v) is 2.61. The van der Waals surface area contributed by atoms with Crippen molar-refractivity contribution >= 4 is 11.3 Å². The highest BCUT2D eigenvalue weighted by molar-refractivity contribution is 5.71. The summed E-state index contributed by atoms with van der Waals surface area (Å²) in [6, 6.07) is 12.2. The number of aromatic nitrogens is 3. The molecule has 2 N–H and O–H groups in total. The van der Waals surface area contributed by atoms with Crippen LogP contribution < -0.4 is 5.73 Å². The molecule has 0 atom stereocenters. The molecule has 0 aliphatic rings. The smallest absolute Gasteiger partial charge is 0.137 e. The van der Waals surface area contributed by atoms with Crippen molar-refractivity contribution in [1.29, 1.82) is 0 Å². The molecule has 4 nitrogen and oxygen atoms in total. The van der Waals surface area contributed by atoms with Crippen LogP contribution in [0.15, 0.2) is 67.3 Å². The third-order valence-electron chi connectivity index (χ3n) is 3.75. The van der Waals surface area contributed by atoms with Gasteiger partial charge in [0.05, 0.1) is 17.6 Å². The number of anilines is 1. The lowest BCUT2D eigenvalue weighted by atomic mass is 10.1. The predicted molar refractivity (Wildman–Crippen MR) is 88.2 cm³/mol. The van der Waals surface area contributed by atoms with Gasteiger partial charge in [-0.2, -0.15) is 0 Å². The van der Waals surface area contributed by atoms with E-state index in [1.54, 1.807) is 30.7 Å². The summed E-state index contributed by atoms with van der Waals surface area (Å²) in [6.07, 6.45) is 7.10. The zero-order valence-corrected chi connectivity index (χ0v) is 12.1. The second-order valence-electron chi connectivity index (χ2n) is 5.30. The molecule has 3 heterocycles. The van der Waals surface area contributed by atoms with Crippen LogP contribution in [-0.4, -0.2) is 14.4 Å². The Bertz CT molecular complexity index is 990. The van der Waals surface area contributed by atoms with Crippen LogP contribution in [0.4, 0.5) is 10.1 Å². The van der Waals surface area contributed by atoms with Gasteiger partial charge in [-0.15, -0.1) is 0 Å². The minimum atomic E-state index is -0.243. The summed E-state index contributed by atoms with van der Waals surface area (Å²) in [6.45, 7) is 0. The van der Waals surface area contributed by atoms with Gasteiger partial charge in [-0.3, -0.25) is 9.38 Å². The highest BCUT2D eigenvalue weighted by atomic mass is 19.1. The van der Waals surface area contributed by atoms with Crippen LogP contribution in [0.1, 0.15) is 0 Å². The maximum atomic E-state index is 13.0. The summed E-state index contributed by atoms with van der Waals surface area (Å²) in [4.78, 5) is 8.57. The Kier molecular flexibility index (Phi) is 3.05. The number of nitrogens with two attached hydrogens (primary N) is 1. The molecule has 0 unspecified atom stereocenters. The molecule has 0 bridgehead atoms. The standard InChI is InChI=1S/C18H13FN4/c19-15-3-1-12(2-4-15)13-5-6-23-17(11-22-18(23)8-13)14-7-16(20)10-21-9-14/h1-11H,20H2. The Labute approximate surface area is 132 Å². The van der Waals surface area contributed by atoms with Gasteiger partial charge in [0, 0.05) is 24.2 Å². The third kappa shape index (κ3) is 2.42. The van der Waals surface area contributed by atoms with Crippen LogP contribution in [0.2, 0.25) is 0 Å². The first kappa shape index (κ1) is 13.5. The number of fused-ring (bicyclic) bond motifs is 1. The molecule has 112 valence electrons. The Morgan fingerprint density at radius 1 is 0.870 bits per heavy atom. The first-order valence-corrected chi connectivity index (χ1v) is 7.15. The number of hydrogen-bond donors (Lipinski definition) is 1. The van der Waals surface area contributed by atoms with Crippen LogP contribution in [0.5, 0.6) is 0 Å². The number of benzene rings is 1. The maximum absolute atomic E-state index is 13.0. The summed E-state index contributed by atoms with van der Waals surface area (Å²) in [7, 11) is 0. The first-order chi connectivity index (χ1) is 11.2. The van der Waals surface area contributed by atoms with E-state index in [0.29, 0.717) is 5.69 Å². The predicted octanol–water partition coefficient (Wildman–Crippen LogP) is 3.78. The van der Waals surface area contributed by atoms with Crippen LogP contribution >= 0.6 is 0 Å². The lowest BCUT2D eigenvalue weighted by Gasteiger charge is -2.05. The molecular weight excluding hydrogens is 291 g/mol. The van der Waals surface area contributed by atoms with Gasteiger partial charge in [0.15, 0.2) is 0 Å². The van der Waals surface area contributed by atoms with Gasteiger partial charge < -0.3 is 5.73 Å². The van der Waals surface area contributed by atoms with E-state index in [-0.39, 0.29) is 5.82 Å². The van der Waals surface area contributed by atoms with Crippen molar-refractivity contribution < 1.29 is 4.39 Å². The quantitative estimate of drug-likeness (QED) is 0.613. The lowest BCUT2D eigenvalue weighted by molar-refractivity contribution is 0.628. The van der Waals surface area contributed by atoms with Crippen molar-refractivity contribution in [2.45, 2.75) is 0 Å². The zero-order valence-electron chi connectivity index (χ0n) is 12.1. The van der Waals surface area contributed by atoms with Crippen LogP contribution in [0, 0.1) is 5.82 Å². The minimum absolute atomic E-state index is 0.243. The molecule has 4 rings (SSSR count). The first-order valence-electron chi connectivity index (χ1n) is 7.15. The highest BCUT2D eigenvalue weighted by Gasteiger charge is 2.08. The van der Waals surface area contributed by atoms with Crippen molar-refractivity contribution in [3.8, 4) is 22.4 Å². The van der Waals surface area contributed by atoms with E-state index in [0.717, 1.165) is 28.0 Å². The Morgan fingerprint density at radius 2 is 1.70 bits per heavy atom. The van der Waals surface area contributed by atoms with Gasteiger partial charge in [0.1, 0.15) is 11.5 Å². The number of imidazole rings is 1. The summed E-state index contributed by atoms with van der Waals surface area (Å²) in [5, 5.41) is 0. The van der Waals surface area contributed by atoms with Crippen molar-refractivity contribution in [3.63, 3.8) is 0 Å². The third-order valence-corrected chi connectivity index (χ3v) is 3.75. The van der Waals surface area contributed by atoms with Crippen molar-refractivity contribution in [2.75, 3.05) is 5.73 Å². The second kappa shape index (κ2) is 5.21. The molecule has 0 radical (unpaired) electrons. The fraction of sp³-hybridized carbons (Fsp3) is 0. The Hall–Kier alpha value is -3.21. The SMILES string of the molecule is Nc1cncc(-c2cnc3cc(-c4ccc(F)cc4)ccn23)c1. The molecule has 0 aliphatic heterocycles. The number of rotatable bonds is 2. The Morgan fingerprint density at radius 3 is 2.48 bits per heavy atom. The van der Waals surface area contributed by atoms with Gasteiger partial charge in [0.25, 0.3) is 0 Å². The van der Waals surface area contributed by atoms with E-state index in [1.807, 2.05) is 28.8 Å². The molecule has 3 aromatic heterocycles. The molecule has 4 aromatic rings. The van der Waals surface area contributed by atoms with E-state index in [9.17, 15) is 4.39 Å². The molecule has 0 saturated heterocycles. The molecule has 1 aromatic carbocycles. The fourth-order valence-electron chi connectivity index (χ4n) is 2.61. The molecule has 23 heavy (non-hydrogen) atoms. The van der Waals surface area contributed by atoms with Crippen molar-refractivity contribution in [3.05, 3.63) is 73.1 Å².